The zero-order valence-electron chi connectivity index (χ0n) is 8.43. The lowest BCUT2D eigenvalue weighted by Gasteiger charge is -2.34. The van der Waals surface area contributed by atoms with Gasteiger partial charge in [0, 0.05) is 12.1 Å². The molecule has 0 aromatic heterocycles. The molecule has 1 aliphatic carbocycles. The molecule has 0 unspecified atom stereocenters. The van der Waals surface area contributed by atoms with Gasteiger partial charge in [-0.2, -0.15) is 0 Å². The summed E-state index contributed by atoms with van der Waals surface area (Å²) in [6, 6.07) is 1.20. The van der Waals surface area contributed by atoms with Gasteiger partial charge in [0.1, 0.15) is 0 Å². The van der Waals surface area contributed by atoms with Gasteiger partial charge >= 0.3 is 0 Å². The van der Waals surface area contributed by atoms with Crippen LogP contribution in [0.25, 0.3) is 0 Å². The molecule has 0 saturated heterocycles. The lowest BCUT2D eigenvalue weighted by atomic mass is 9.83. The molecule has 0 heterocycles. The normalized spacial score (nSPS) is 37.2. The van der Waals surface area contributed by atoms with E-state index in [1.165, 1.54) is 0 Å². The summed E-state index contributed by atoms with van der Waals surface area (Å²) in [4.78, 5) is 0. The van der Waals surface area contributed by atoms with Crippen molar-refractivity contribution in [3.05, 3.63) is 0 Å². The van der Waals surface area contributed by atoms with Crippen molar-refractivity contribution in [3.8, 4) is 0 Å². The van der Waals surface area contributed by atoms with Crippen LogP contribution in [0.1, 0.15) is 46.5 Å². The molecule has 2 N–H and O–H groups in total. The molecule has 1 aliphatic rings. The SMILES string of the molecule is CC(C)N[C@H]1CC[C@](C)(O)CC1. The Labute approximate surface area is 75.4 Å². The minimum absolute atomic E-state index is 0.394. The van der Waals surface area contributed by atoms with Crippen LogP contribution in [-0.4, -0.2) is 22.8 Å². The first kappa shape index (κ1) is 10.0. The standard InChI is InChI=1S/C10H21NO/c1-8(2)11-9-4-6-10(3,12)7-5-9/h8-9,11-12H,4-7H2,1-3H3/t9-,10-. The van der Waals surface area contributed by atoms with Crippen molar-refractivity contribution >= 4 is 0 Å². The molecule has 0 radical (unpaired) electrons. The van der Waals surface area contributed by atoms with E-state index in [-0.39, 0.29) is 0 Å². The fraction of sp³-hybridized carbons (Fsp3) is 1.00. The summed E-state index contributed by atoms with van der Waals surface area (Å²) in [5.74, 6) is 0. The summed E-state index contributed by atoms with van der Waals surface area (Å²) in [6.07, 6.45) is 4.12. The first-order valence-electron chi connectivity index (χ1n) is 4.98. The summed E-state index contributed by atoms with van der Waals surface area (Å²) in [5, 5.41) is 13.2. The van der Waals surface area contributed by atoms with Crippen LogP contribution in [0.4, 0.5) is 0 Å². The van der Waals surface area contributed by atoms with Crippen LogP contribution >= 0.6 is 0 Å². The molecular weight excluding hydrogens is 150 g/mol. The van der Waals surface area contributed by atoms with Gasteiger partial charge in [-0.3, -0.25) is 0 Å². The summed E-state index contributed by atoms with van der Waals surface area (Å²) in [5.41, 5.74) is -0.394. The van der Waals surface area contributed by atoms with E-state index >= 15 is 0 Å². The number of hydrogen-bond acceptors (Lipinski definition) is 2. The molecule has 0 bridgehead atoms. The molecule has 0 aromatic rings. The molecule has 0 spiro atoms. The van der Waals surface area contributed by atoms with Crippen molar-refractivity contribution in [1.82, 2.24) is 5.32 Å². The van der Waals surface area contributed by atoms with E-state index in [1.54, 1.807) is 0 Å². The van der Waals surface area contributed by atoms with Gasteiger partial charge < -0.3 is 10.4 Å². The number of hydrogen-bond donors (Lipinski definition) is 2. The molecule has 1 rings (SSSR count). The molecule has 2 heteroatoms. The molecule has 1 fully saturated rings. The predicted molar refractivity (Wildman–Crippen MR) is 51.2 cm³/mol. The van der Waals surface area contributed by atoms with E-state index in [2.05, 4.69) is 19.2 Å². The summed E-state index contributed by atoms with van der Waals surface area (Å²) >= 11 is 0. The molecule has 0 amide bonds. The average molecular weight is 171 g/mol. The third-order valence-corrected chi connectivity index (χ3v) is 2.63. The lowest BCUT2D eigenvalue weighted by Crippen LogP contribution is -2.42. The molecular formula is C10H21NO. The fourth-order valence-electron chi connectivity index (χ4n) is 1.88. The Morgan fingerprint density at radius 3 is 2.25 bits per heavy atom. The van der Waals surface area contributed by atoms with Crippen LogP contribution < -0.4 is 5.32 Å². The van der Waals surface area contributed by atoms with Gasteiger partial charge in [-0.1, -0.05) is 13.8 Å². The van der Waals surface area contributed by atoms with Crippen LogP contribution in [0.2, 0.25) is 0 Å². The first-order chi connectivity index (χ1) is 5.49. The molecule has 12 heavy (non-hydrogen) atoms. The fourth-order valence-corrected chi connectivity index (χ4v) is 1.88. The van der Waals surface area contributed by atoms with Gasteiger partial charge in [0.15, 0.2) is 0 Å². The molecule has 0 atom stereocenters. The summed E-state index contributed by atoms with van der Waals surface area (Å²) in [6.45, 7) is 6.29. The maximum Gasteiger partial charge on any atom is 0.0621 e. The Morgan fingerprint density at radius 2 is 1.83 bits per heavy atom. The largest absolute Gasteiger partial charge is 0.390 e. The highest BCUT2D eigenvalue weighted by atomic mass is 16.3. The number of aliphatic hydroxyl groups is 1. The lowest BCUT2D eigenvalue weighted by molar-refractivity contribution is 0.0133. The van der Waals surface area contributed by atoms with Crippen molar-refractivity contribution in [2.75, 3.05) is 0 Å². The van der Waals surface area contributed by atoms with E-state index in [0.29, 0.717) is 12.1 Å². The second-order valence-corrected chi connectivity index (χ2v) is 4.59. The third-order valence-electron chi connectivity index (χ3n) is 2.63. The van der Waals surface area contributed by atoms with Gasteiger partial charge in [-0.25, -0.2) is 0 Å². The minimum Gasteiger partial charge on any atom is -0.390 e. The maximum atomic E-state index is 9.70. The topological polar surface area (TPSA) is 32.3 Å². The van der Waals surface area contributed by atoms with Crippen LogP contribution in [0.3, 0.4) is 0 Å². The summed E-state index contributed by atoms with van der Waals surface area (Å²) in [7, 11) is 0. The van der Waals surface area contributed by atoms with Gasteiger partial charge in [-0.15, -0.1) is 0 Å². The predicted octanol–water partition coefficient (Wildman–Crippen LogP) is 1.68. The van der Waals surface area contributed by atoms with Crippen molar-refractivity contribution in [3.63, 3.8) is 0 Å². The van der Waals surface area contributed by atoms with Gasteiger partial charge in [0.2, 0.25) is 0 Å². The van der Waals surface area contributed by atoms with Crippen molar-refractivity contribution in [2.24, 2.45) is 0 Å². The van der Waals surface area contributed by atoms with E-state index in [1.807, 2.05) is 6.92 Å². The Bertz CT molecular complexity index is 133. The van der Waals surface area contributed by atoms with Crippen LogP contribution in [0, 0.1) is 0 Å². The number of rotatable bonds is 2. The average Bonchev–Trinajstić information content (AvgIpc) is 1.93. The van der Waals surface area contributed by atoms with Crippen LogP contribution in [0.15, 0.2) is 0 Å². The molecule has 0 aliphatic heterocycles. The zero-order chi connectivity index (χ0) is 9.19. The maximum absolute atomic E-state index is 9.70. The Hall–Kier alpha value is -0.0800. The van der Waals surface area contributed by atoms with Crippen molar-refractivity contribution < 1.29 is 5.11 Å². The second-order valence-electron chi connectivity index (χ2n) is 4.59. The van der Waals surface area contributed by atoms with Crippen molar-refractivity contribution in [1.29, 1.82) is 0 Å². The van der Waals surface area contributed by atoms with Gasteiger partial charge in [-0.05, 0) is 32.6 Å². The van der Waals surface area contributed by atoms with Crippen molar-refractivity contribution in [2.45, 2.75) is 64.1 Å². The first-order valence-corrected chi connectivity index (χ1v) is 4.98. The molecule has 72 valence electrons. The second kappa shape index (κ2) is 3.75. The third kappa shape index (κ3) is 3.11. The van der Waals surface area contributed by atoms with Crippen LogP contribution in [-0.2, 0) is 0 Å². The highest BCUT2D eigenvalue weighted by Crippen LogP contribution is 2.27. The van der Waals surface area contributed by atoms with E-state index < -0.39 is 5.60 Å². The molecule has 2 nitrogen and oxygen atoms in total. The zero-order valence-corrected chi connectivity index (χ0v) is 8.43. The van der Waals surface area contributed by atoms with Gasteiger partial charge in [0.25, 0.3) is 0 Å². The molecule has 1 saturated carbocycles. The highest BCUT2D eigenvalue weighted by molar-refractivity contribution is 4.85. The van der Waals surface area contributed by atoms with Crippen LogP contribution in [0.5, 0.6) is 0 Å². The quantitative estimate of drug-likeness (QED) is 0.662. The Kier molecular flexibility index (Phi) is 3.13. The summed E-state index contributed by atoms with van der Waals surface area (Å²) < 4.78 is 0. The molecule has 0 aromatic carbocycles. The Morgan fingerprint density at radius 1 is 1.33 bits per heavy atom. The highest BCUT2D eigenvalue weighted by Gasteiger charge is 2.28. The minimum atomic E-state index is -0.394. The van der Waals surface area contributed by atoms with Gasteiger partial charge in [0.05, 0.1) is 5.60 Å². The monoisotopic (exact) mass is 171 g/mol. The smallest absolute Gasteiger partial charge is 0.0621 e. The van der Waals surface area contributed by atoms with E-state index in [0.717, 1.165) is 25.7 Å². The number of nitrogens with one attached hydrogen (secondary N) is 1. The van der Waals surface area contributed by atoms with E-state index in [9.17, 15) is 5.11 Å². The van der Waals surface area contributed by atoms with E-state index in [4.69, 9.17) is 0 Å². The Balaban J connectivity index is 2.27.